The Morgan fingerprint density at radius 2 is 1.92 bits per heavy atom. The maximum absolute atomic E-state index is 11.9. The van der Waals surface area contributed by atoms with Gasteiger partial charge < -0.3 is 16.0 Å². The lowest BCUT2D eigenvalue weighted by atomic mass is 10.2. The lowest BCUT2D eigenvalue weighted by molar-refractivity contribution is 0.0953. The van der Waals surface area contributed by atoms with E-state index < -0.39 is 0 Å². The Morgan fingerprint density at radius 1 is 1.16 bits per heavy atom. The summed E-state index contributed by atoms with van der Waals surface area (Å²) in [6.07, 6.45) is 2.69. The summed E-state index contributed by atoms with van der Waals surface area (Å²) < 4.78 is 0. The van der Waals surface area contributed by atoms with Crippen molar-refractivity contribution < 1.29 is 4.79 Å². The highest BCUT2D eigenvalue weighted by molar-refractivity contribution is 7.11. The van der Waals surface area contributed by atoms with E-state index in [0.717, 1.165) is 30.5 Å². The number of rotatable bonds is 8. The minimum Gasteiger partial charge on any atom is -0.357 e. The zero-order chi connectivity index (χ0) is 17.9. The normalized spacial score (nSPS) is 11.2. The molecule has 0 saturated heterocycles. The van der Waals surface area contributed by atoms with E-state index in [-0.39, 0.29) is 5.91 Å². The molecule has 0 aliphatic rings. The molecule has 0 fully saturated rings. The highest BCUT2D eigenvalue weighted by atomic mass is 32.1. The Morgan fingerprint density at radius 3 is 2.60 bits per heavy atom. The zero-order valence-corrected chi connectivity index (χ0v) is 15.5. The van der Waals surface area contributed by atoms with Gasteiger partial charge >= 0.3 is 0 Å². The van der Waals surface area contributed by atoms with Gasteiger partial charge in [0.1, 0.15) is 5.01 Å². The van der Waals surface area contributed by atoms with Gasteiger partial charge in [0.2, 0.25) is 0 Å². The van der Waals surface area contributed by atoms with Crippen LogP contribution >= 0.6 is 11.3 Å². The summed E-state index contributed by atoms with van der Waals surface area (Å²) in [5.41, 5.74) is 0.684. The summed E-state index contributed by atoms with van der Waals surface area (Å²) in [5.74, 6) is 0.727. The standard InChI is InChI=1S/C18H25N5OS/c1-3-19-18(23-13-16-22-12-14(2)25-16)21-11-7-10-20-17(24)15-8-5-4-6-9-15/h4-6,8-9,12H,3,7,10-11,13H2,1-2H3,(H,20,24)(H2,19,21,23). The zero-order valence-electron chi connectivity index (χ0n) is 14.7. The van der Waals surface area contributed by atoms with Crippen LogP contribution in [0.25, 0.3) is 0 Å². The number of hydrogen-bond donors (Lipinski definition) is 3. The fourth-order valence-corrected chi connectivity index (χ4v) is 2.86. The van der Waals surface area contributed by atoms with Crippen molar-refractivity contribution in [3.63, 3.8) is 0 Å². The predicted molar refractivity (Wildman–Crippen MR) is 103 cm³/mol. The molecule has 25 heavy (non-hydrogen) atoms. The van der Waals surface area contributed by atoms with E-state index in [2.05, 4.69) is 25.9 Å². The van der Waals surface area contributed by atoms with Crippen molar-refractivity contribution in [2.75, 3.05) is 19.6 Å². The molecule has 0 bridgehead atoms. The van der Waals surface area contributed by atoms with Crippen LogP contribution in [0.3, 0.4) is 0 Å². The van der Waals surface area contributed by atoms with Crippen LogP contribution in [-0.4, -0.2) is 36.5 Å². The Balaban J connectivity index is 1.69. The van der Waals surface area contributed by atoms with Crippen molar-refractivity contribution >= 4 is 23.2 Å². The fraction of sp³-hybridized carbons (Fsp3) is 0.389. The lowest BCUT2D eigenvalue weighted by Gasteiger charge is -2.11. The van der Waals surface area contributed by atoms with Crippen molar-refractivity contribution in [2.45, 2.75) is 26.8 Å². The Bertz CT molecular complexity index is 684. The molecule has 1 aromatic heterocycles. The van der Waals surface area contributed by atoms with Crippen LogP contribution < -0.4 is 16.0 Å². The van der Waals surface area contributed by atoms with Crippen molar-refractivity contribution in [3.8, 4) is 0 Å². The molecule has 1 heterocycles. The summed E-state index contributed by atoms with van der Waals surface area (Å²) in [6.45, 7) is 6.79. The second-order valence-electron chi connectivity index (χ2n) is 5.46. The van der Waals surface area contributed by atoms with E-state index in [1.807, 2.05) is 50.4 Å². The Hall–Kier alpha value is -2.41. The number of carbonyl (C=O) groups excluding carboxylic acids is 1. The summed E-state index contributed by atoms with van der Waals surface area (Å²) in [5, 5.41) is 10.4. The number of nitrogens with one attached hydrogen (secondary N) is 3. The van der Waals surface area contributed by atoms with Crippen molar-refractivity contribution in [3.05, 3.63) is 52.0 Å². The smallest absolute Gasteiger partial charge is 0.251 e. The van der Waals surface area contributed by atoms with Crippen LogP contribution in [-0.2, 0) is 6.54 Å². The molecule has 2 rings (SSSR count). The average molecular weight is 359 g/mol. The monoisotopic (exact) mass is 359 g/mol. The van der Waals surface area contributed by atoms with Crippen molar-refractivity contribution in [2.24, 2.45) is 4.99 Å². The summed E-state index contributed by atoms with van der Waals surface area (Å²) in [4.78, 5) is 22.0. The molecule has 0 aliphatic heterocycles. The minimum atomic E-state index is -0.0414. The summed E-state index contributed by atoms with van der Waals surface area (Å²) in [7, 11) is 0. The third-order valence-corrected chi connectivity index (χ3v) is 4.25. The first-order valence-electron chi connectivity index (χ1n) is 8.45. The molecule has 0 radical (unpaired) electrons. The van der Waals surface area contributed by atoms with E-state index in [9.17, 15) is 4.79 Å². The lowest BCUT2D eigenvalue weighted by Crippen LogP contribution is -2.38. The number of hydrogen-bond acceptors (Lipinski definition) is 4. The fourth-order valence-electron chi connectivity index (χ4n) is 2.15. The molecule has 0 atom stereocenters. The third kappa shape index (κ3) is 6.93. The van der Waals surface area contributed by atoms with E-state index in [4.69, 9.17) is 0 Å². The first-order valence-corrected chi connectivity index (χ1v) is 9.27. The van der Waals surface area contributed by atoms with Crippen LogP contribution in [0.1, 0.15) is 33.6 Å². The van der Waals surface area contributed by atoms with Gasteiger partial charge in [-0.15, -0.1) is 11.3 Å². The SMILES string of the molecule is CCNC(=NCc1ncc(C)s1)NCCCNC(=O)c1ccccc1. The van der Waals surface area contributed by atoms with Crippen molar-refractivity contribution in [1.82, 2.24) is 20.9 Å². The van der Waals surface area contributed by atoms with Gasteiger partial charge in [-0.3, -0.25) is 4.79 Å². The largest absolute Gasteiger partial charge is 0.357 e. The maximum Gasteiger partial charge on any atom is 0.251 e. The van der Waals surface area contributed by atoms with E-state index in [1.54, 1.807) is 11.3 Å². The van der Waals surface area contributed by atoms with Gasteiger partial charge in [-0.05, 0) is 32.4 Å². The molecule has 0 spiro atoms. The minimum absolute atomic E-state index is 0.0414. The quantitative estimate of drug-likeness (QED) is 0.384. The number of carbonyl (C=O) groups is 1. The number of aromatic nitrogens is 1. The summed E-state index contributed by atoms with van der Waals surface area (Å²) in [6, 6.07) is 9.24. The predicted octanol–water partition coefficient (Wildman–Crippen LogP) is 2.33. The molecule has 0 saturated carbocycles. The Kier molecular flexibility index (Phi) is 7.91. The first-order chi connectivity index (χ1) is 12.2. The number of guanidine groups is 1. The highest BCUT2D eigenvalue weighted by Crippen LogP contribution is 2.11. The van der Waals surface area contributed by atoms with Gasteiger partial charge in [-0.2, -0.15) is 0 Å². The molecule has 0 aliphatic carbocycles. The molecule has 3 N–H and O–H groups in total. The molecule has 6 nitrogen and oxygen atoms in total. The van der Waals surface area contributed by atoms with Crippen LogP contribution in [0, 0.1) is 6.92 Å². The van der Waals surface area contributed by atoms with Crippen LogP contribution in [0.2, 0.25) is 0 Å². The van der Waals surface area contributed by atoms with Gasteiger partial charge in [0.25, 0.3) is 5.91 Å². The number of benzene rings is 1. The highest BCUT2D eigenvalue weighted by Gasteiger charge is 2.03. The molecule has 7 heteroatoms. The maximum atomic E-state index is 11.9. The van der Waals surface area contributed by atoms with Crippen LogP contribution in [0.4, 0.5) is 0 Å². The molecular weight excluding hydrogens is 334 g/mol. The van der Waals surface area contributed by atoms with Gasteiger partial charge in [0.15, 0.2) is 5.96 Å². The first kappa shape index (κ1) is 18.9. The van der Waals surface area contributed by atoms with Gasteiger partial charge in [0.05, 0.1) is 6.54 Å². The van der Waals surface area contributed by atoms with Crippen LogP contribution in [0.5, 0.6) is 0 Å². The van der Waals surface area contributed by atoms with Gasteiger partial charge in [0, 0.05) is 36.3 Å². The van der Waals surface area contributed by atoms with E-state index in [0.29, 0.717) is 18.7 Å². The van der Waals surface area contributed by atoms with Gasteiger partial charge in [-0.1, -0.05) is 18.2 Å². The topological polar surface area (TPSA) is 78.4 Å². The second kappa shape index (κ2) is 10.5. The van der Waals surface area contributed by atoms with E-state index in [1.165, 1.54) is 4.88 Å². The average Bonchev–Trinajstić information content (AvgIpc) is 3.05. The number of aliphatic imine (C=N–C) groups is 1. The number of amides is 1. The molecule has 2 aromatic rings. The number of nitrogens with zero attached hydrogens (tertiary/aromatic N) is 2. The van der Waals surface area contributed by atoms with Gasteiger partial charge in [-0.25, -0.2) is 9.98 Å². The molecule has 134 valence electrons. The van der Waals surface area contributed by atoms with E-state index >= 15 is 0 Å². The molecule has 1 aromatic carbocycles. The second-order valence-corrected chi connectivity index (χ2v) is 6.78. The summed E-state index contributed by atoms with van der Waals surface area (Å²) >= 11 is 1.66. The number of thiazole rings is 1. The molecule has 1 amide bonds. The molecule has 0 unspecified atom stereocenters. The third-order valence-electron chi connectivity index (χ3n) is 3.35. The molecular formula is C18H25N5OS. The van der Waals surface area contributed by atoms with Crippen LogP contribution in [0.15, 0.2) is 41.5 Å². The van der Waals surface area contributed by atoms with Crippen molar-refractivity contribution in [1.29, 1.82) is 0 Å². The Labute approximate surface area is 152 Å². The number of aryl methyl sites for hydroxylation is 1.